The van der Waals surface area contributed by atoms with Crippen LogP contribution < -0.4 is 20.3 Å². The molecule has 2 fully saturated rings. The van der Waals surface area contributed by atoms with Gasteiger partial charge in [0.1, 0.15) is 35.4 Å². The summed E-state index contributed by atoms with van der Waals surface area (Å²) in [6.45, 7) is 11.7. The summed E-state index contributed by atoms with van der Waals surface area (Å²) in [7, 11) is 0. The van der Waals surface area contributed by atoms with Crippen LogP contribution in [0.4, 0.5) is 44.7 Å². The number of carbonyl (C=O) groups is 3. The van der Waals surface area contributed by atoms with Crippen molar-refractivity contribution in [3.8, 4) is 17.0 Å². The number of hydrogen-bond donors (Lipinski definition) is 2. The molecule has 0 spiro atoms. The van der Waals surface area contributed by atoms with Crippen LogP contribution in [0.1, 0.15) is 59.9 Å². The summed E-state index contributed by atoms with van der Waals surface area (Å²) >= 11 is 0. The summed E-state index contributed by atoms with van der Waals surface area (Å²) in [5.41, 5.74) is -0.791. The highest BCUT2D eigenvalue weighted by Crippen LogP contribution is 2.43. The monoisotopic (exact) mass is 714 g/mol. The van der Waals surface area contributed by atoms with Gasteiger partial charge >= 0.3 is 18.3 Å². The highest BCUT2D eigenvalue weighted by atomic mass is 19.3. The van der Waals surface area contributed by atoms with E-state index in [1.165, 1.54) is 29.4 Å². The topological polar surface area (TPSA) is 144 Å². The number of anilines is 3. The highest BCUT2D eigenvalue weighted by molar-refractivity contribution is 6.05. The lowest BCUT2D eigenvalue weighted by molar-refractivity contribution is -0.167. The minimum Gasteiger partial charge on any atom is -0.474 e. The van der Waals surface area contributed by atoms with E-state index < -0.39 is 47.3 Å². The normalized spacial score (nSPS) is 19.9. The molecule has 2 N–H and O–H groups in total. The molecule has 1 saturated carbocycles. The Bertz CT molecular complexity index is 1880. The fourth-order valence-corrected chi connectivity index (χ4v) is 6.20. The second-order valence-corrected chi connectivity index (χ2v) is 15.0. The van der Waals surface area contributed by atoms with E-state index in [0.29, 0.717) is 35.0 Å². The highest BCUT2D eigenvalue weighted by Gasteiger charge is 2.50. The van der Waals surface area contributed by atoms with Gasteiger partial charge in [-0.3, -0.25) is 20.4 Å². The molecular formula is C35H41F3N6O7. The van der Waals surface area contributed by atoms with E-state index in [1.54, 1.807) is 53.4 Å². The van der Waals surface area contributed by atoms with Crippen LogP contribution in [0.2, 0.25) is 0 Å². The third kappa shape index (κ3) is 7.90. The van der Waals surface area contributed by atoms with Crippen molar-refractivity contribution >= 4 is 46.2 Å². The summed E-state index contributed by atoms with van der Waals surface area (Å²) in [5, 5.41) is 5.67. The first kappa shape index (κ1) is 35.9. The van der Waals surface area contributed by atoms with Crippen LogP contribution in [0.3, 0.4) is 0 Å². The Hall–Kier alpha value is -4.86. The van der Waals surface area contributed by atoms with Crippen molar-refractivity contribution in [3.05, 3.63) is 35.9 Å². The molecule has 0 bridgehead atoms. The van der Waals surface area contributed by atoms with Crippen LogP contribution in [-0.4, -0.2) is 88.7 Å². The number of likely N-dealkylation sites (tertiary alicyclic amines) is 1. The van der Waals surface area contributed by atoms with Crippen molar-refractivity contribution < 1.29 is 46.5 Å². The Balaban J connectivity index is 1.32. The summed E-state index contributed by atoms with van der Waals surface area (Å²) in [6, 6.07) is 2.94. The van der Waals surface area contributed by atoms with Gasteiger partial charge < -0.3 is 18.9 Å². The fourth-order valence-electron chi connectivity index (χ4n) is 6.20. The summed E-state index contributed by atoms with van der Waals surface area (Å²) < 4.78 is 65.3. The molecule has 1 aromatic carbocycles. The molecule has 3 amide bonds. The first-order chi connectivity index (χ1) is 23.8. The van der Waals surface area contributed by atoms with Gasteiger partial charge in [0.25, 0.3) is 5.92 Å². The number of halogens is 3. The third-order valence-electron chi connectivity index (χ3n) is 8.55. The largest absolute Gasteiger partial charge is 0.474 e. The van der Waals surface area contributed by atoms with E-state index in [0.717, 1.165) is 0 Å². The van der Waals surface area contributed by atoms with E-state index in [4.69, 9.17) is 18.9 Å². The Morgan fingerprint density at radius 3 is 2.27 bits per heavy atom. The lowest BCUT2D eigenvalue weighted by Gasteiger charge is -2.49. The average molecular weight is 715 g/mol. The lowest BCUT2D eigenvalue weighted by Crippen LogP contribution is -2.63. The molecule has 0 atom stereocenters. The maximum atomic E-state index is 16.6. The molecule has 6 rings (SSSR count). The van der Waals surface area contributed by atoms with Crippen LogP contribution in [-0.2, 0) is 14.2 Å². The zero-order valence-electron chi connectivity index (χ0n) is 29.5. The number of nitrogens with zero attached hydrogens (tertiary/aromatic N) is 4. The quantitative estimate of drug-likeness (QED) is 0.259. The number of nitrogens with one attached hydrogen (secondary N) is 2. The van der Waals surface area contributed by atoms with Crippen LogP contribution >= 0.6 is 0 Å². The van der Waals surface area contributed by atoms with Gasteiger partial charge in [-0.1, -0.05) is 0 Å². The standard InChI is InChI=1S/C35H41F3N6O7/c1-18-23(14-40-29-28(18)44(8-9-48-29)32(47)51-34(5,6)7)22-10-19-11-25(39-15-24(19)27(26(22)36)42-31(46)50-33(2,3)4)41-30(45)49-21-12-20(13-21)43-16-35(37,38)17-43/h10-11,14-15,20-21H,8-9,12-13,16-17H2,1-7H3,(H,42,46)(H,39,41,45). The lowest BCUT2D eigenvalue weighted by atomic mass is 9.85. The molecule has 3 aliphatic rings. The SMILES string of the molecule is Cc1c(-c2cc3cc(NC(=O)OC4CC(N5CC(F)(F)C5)C4)ncc3c(NC(=O)OC(C)(C)C)c2F)cnc2c1N(C(=O)OC(C)(C)C)CCO2. The summed E-state index contributed by atoms with van der Waals surface area (Å²) in [5.74, 6) is -3.23. The number of fused-ring (bicyclic) bond motifs is 2. The first-order valence-electron chi connectivity index (χ1n) is 16.6. The molecular weight excluding hydrogens is 673 g/mol. The van der Waals surface area contributed by atoms with Crippen molar-refractivity contribution in [1.29, 1.82) is 0 Å². The van der Waals surface area contributed by atoms with Crippen LogP contribution in [0.5, 0.6) is 5.88 Å². The number of benzene rings is 1. The van der Waals surface area contributed by atoms with Crippen molar-refractivity contribution in [3.63, 3.8) is 0 Å². The van der Waals surface area contributed by atoms with Gasteiger partial charge in [-0.25, -0.2) is 37.5 Å². The first-order valence-corrected chi connectivity index (χ1v) is 16.6. The molecule has 0 unspecified atom stereocenters. The molecule has 2 aliphatic heterocycles. The van der Waals surface area contributed by atoms with Crippen LogP contribution in [0.25, 0.3) is 21.9 Å². The van der Waals surface area contributed by atoms with Crippen molar-refractivity contribution in [2.75, 3.05) is 41.8 Å². The Morgan fingerprint density at radius 2 is 1.63 bits per heavy atom. The Kier molecular flexibility index (Phi) is 9.19. The van der Waals surface area contributed by atoms with Crippen LogP contribution in [0.15, 0.2) is 24.5 Å². The van der Waals surface area contributed by atoms with E-state index in [9.17, 15) is 23.2 Å². The minimum absolute atomic E-state index is 0.0212. The molecule has 51 heavy (non-hydrogen) atoms. The molecule has 2 aromatic heterocycles. The molecule has 16 heteroatoms. The smallest absolute Gasteiger partial charge is 0.415 e. The van der Waals surface area contributed by atoms with E-state index >= 15 is 4.39 Å². The van der Waals surface area contributed by atoms with Gasteiger partial charge in [0.2, 0.25) is 5.88 Å². The molecule has 1 saturated heterocycles. The van der Waals surface area contributed by atoms with Gasteiger partial charge in [-0.2, -0.15) is 0 Å². The van der Waals surface area contributed by atoms with Gasteiger partial charge in [-0.05, 0) is 71.5 Å². The van der Waals surface area contributed by atoms with Gasteiger partial charge in [-0.15, -0.1) is 0 Å². The van der Waals surface area contributed by atoms with E-state index in [-0.39, 0.29) is 60.6 Å². The fraction of sp³-hybridized carbons (Fsp3) is 0.514. The maximum Gasteiger partial charge on any atom is 0.415 e. The second-order valence-electron chi connectivity index (χ2n) is 15.0. The molecule has 13 nitrogen and oxygen atoms in total. The molecule has 274 valence electrons. The number of hydrogen-bond acceptors (Lipinski definition) is 10. The molecule has 4 heterocycles. The molecule has 3 aromatic rings. The van der Waals surface area contributed by atoms with Crippen molar-refractivity contribution in [1.82, 2.24) is 14.9 Å². The Labute approximate surface area is 292 Å². The summed E-state index contributed by atoms with van der Waals surface area (Å²) in [4.78, 5) is 50.6. The minimum atomic E-state index is -2.67. The number of amides is 3. The third-order valence-corrected chi connectivity index (χ3v) is 8.55. The predicted octanol–water partition coefficient (Wildman–Crippen LogP) is 7.26. The number of ether oxygens (including phenoxy) is 4. The van der Waals surface area contributed by atoms with Gasteiger partial charge in [0, 0.05) is 47.8 Å². The van der Waals surface area contributed by atoms with E-state index in [1.807, 2.05) is 0 Å². The van der Waals surface area contributed by atoms with E-state index in [2.05, 4.69) is 20.6 Å². The number of pyridine rings is 2. The van der Waals surface area contributed by atoms with Crippen molar-refractivity contribution in [2.24, 2.45) is 0 Å². The summed E-state index contributed by atoms with van der Waals surface area (Å²) in [6.07, 6.45) is 0.862. The number of alkyl halides is 2. The predicted molar refractivity (Wildman–Crippen MR) is 182 cm³/mol. The molecule has 1 aliphatic carbocycles. The number of carbonyl (C=O) groups excluding carboxylic acids is 3. The zero-order valence-corrected chi connectivity index (χ0v) is 29.5. The van der Waals surface area contributed by atoms with Gasteiger partial charge in [0.05, 0.1) is 25.3 Å². The average Bonchev–Trinajstić information content (AvgIpc) is 2.97. The molecule has 0 radical (unpaired) electrons. The Morgan fingerprint density at radius 1 is 0.941 bits per heavy atom. The number of aromatic nitrogens is 2. The van der Waals surface area contributed by atoms with Crippen molar-refractivity contribution in [2.45, 2.75) is 90.6 Å². The number of rotatable bonds is 5. The van der Waals surface area contributed by atoms with Crippen LogP contribution in [0, 0.1) is 12.7 Å². The zero-order chi connectivity index (χ0) is 37.0. The van der Waals surface area contributed by atoms with Gasteiger partial charge in [0.15, 0.2) is 5.82 Å². The maximum absolute atomic E-state index is 16.6. The second kappa shape index (κ2) is 13.0.